The van der Waals surface area contributed by atoms with Gasteiger partial charge in [0.05, 0.1) is 18.2 Å². The molecule has 0 radical (unpaired) electrons. The molecule has 2 aromatic rings. The Balaban J connectivity index is 2.20. The molecule has 172 valence electrons. The van der Waals surface area contributed by atoms with Crippen LogP contribution in [0.2, 0.25) is 0 Å². The Hall–Kier alpha value is -3.06. The number of likely N-dealkylation sites (tertiary alicyclic amines) is 1. The molecular weight excluding hydrogens is 410 g/mol. The van der Waals surface area contributed by atoms with Crippen LogP contribution in [0.15, 0.2) is 40.3 Å². The molecule has 1 amide bonds. The summed E-state index contributed by atoms with van der Waals surface area (Å²) in [5.74, 6) is -0.216. The number of hydrogen-bond acceptors (Lipinski definition) is 6. The average molecular weight is 442 g/mol. The van der Waals surface area contributed by atoms with Gasteiger partial charge in [0.2, 0.25) is 0 Å². The number of nitrogens with zero attached hydrogens (tertiary/aromatic N) is 1. The third-order valence-electron chi connectivity index (χ3n) is 5.64. The molecule has 1 fully saturated rings. The number of hydrogen-bond donors (Lipinski definition) is 1. The van der Waals surface area contributed by atoms with Gasteiger partial charge in [-0.1, -0.05) is 26.8 Å². The minimum atomic E-state index is -0.830. The molecule has 1 aliphatic rings. The third-order valence-corrected chi connectivity index (χ3v) is 5.64. The highest BCUT2D eigenvalue weighted by Gasteiger charge is 2.47. The van der Waals surface area contributed by atoms with Gasteiger partial charge in [0.1, 0.15) is 29.1 Å². The molecule has 0 bridgehead atoms. The number of aryl methyl sites for hydroxylation is 1. The van der Waals surface area contributed by atoms with Crippen LogP contribution in [0.4, 0.5) is 0 Å². The maximum atomic E-state index is 13.1. The van der Waals surface area contributed by atoms with Crippen LogP contribution < -0.4 is 4.74 Å². The van der Waals surface area contributed by atoms with Crippen molar-refractivity contribution in [3.63, 3.8) is 0 Å². The normalized spacial score (nSPS) is 18.4. The van der Waals surface area contributed by atoms with Crippen molar-refractivity contribution in [3.05, 3.63) is 58.6 Å². The first-order valence-electron chi connectivity index (χ1n) is 10.6. The van der Waals surface area contributed by atoms with Gasteiger partial charge in [0.15, 0.2) is 0 Å². The van der Waals surface area contributed by atoms with Crippen LogP contribution in [0.25, 0.3) is 5.76 Å². The molecule has 1 aromatic heterocycles. The van der Waals surface area contributed by atoms with Crippen molar-refractivity contribution in [1.29, 1.82) is 0 Å². The molecule has 0 aliphatic carbocycles. The molecule has 32 heavy (non-hydrogen) atoms. The molecule has 1 N–H and O–H groups in total. The predicted molar refractivity (Wildman–Crippen MR) is 121 cm³/mol. The van der Waals surface area contributed by atoms with E-state index in [-0.39, 0.29) is 16.7 Å². The number of benzene rings is 1. The zero-order valence-electron chi connectivity index (χ0n) is 19.5. The summed E-state index contributed by atoms with van der Waals surface area (Å²) in [4.78, 5) is 27.5. The predicted octanol–water partition coefficient (Wildman–Crippen LogP) is 4.35. The van der Waals surface area contributed by atoms with Crippen molar-refractivity contribution in [1.82, 2.24) is 4.90 Å². The maximum Gasteiger partial charge on any atom is 0.295 e. The highest BCUT2D eigenvalue weighted by molar-refractivity contribution is 6.46. The smallest absolute Gasteiger partial charge is 0.295 e. The summed E-state index contributed by atoms with van der Waals surface area (Å²) < 4.78 is 16.4. The Labute approximate surface area is 188 Å². The zero-order chi connectivity index (χ0) is 23.6. The van der Waals surface area contributed by atoms with E-state index in [9.17, 15) is 14.7 Å². The minimum absolute atomic E-state index is 0.00822. The number of rotatable bonds is 7. The first-order chi connectivity index (χ1) is 15.1. The van der Waals surface area contributed by atoms with Gasteiger partial charge in [-0.2, -0.15) is 0 Å². The van der Waals surface area contributed by atoms with E-state index < -0.39 is 17.7 Å². The first-order valence-corrected chi connectivity index (χ1v) is 10.6. The molecule has 1 unspecified atom stereocenters. The lowest BCUT2D eigenvalue weighted by atomic mass is 9.85. The fourth-order valence-corrected chi connectivity index (χ4v) is 3.89. The van der Waals surface area contributed by atoms with Crippen molar-refractivity contribution in [3.8, 4) is 5.75 Å². The number of aliphatic hydroxyl groups is 1. The Morgan fingerprint density at radius 3 is 2.44 bits per heavy atom. The van der Waals surface area contributed by atoms with Crippen LogP contribution in [0, 0.1) is 6.92 Å². The Bertz CT molecular complexity index is 1040. The lowest BCUT2D eigenvalue weighted by molar-refractivity contribution is -0.140. The van der Waals surface area contributed by atoms with Crippen molar-refractivity contribution in [2.45, 2.75) is 45.6 Å². The summed E-state index contributed by atoms with van der Waals surface area (Å²) in [5.41, 5.74) is 1.12. The van der Waals surface area contributed by atoms with Crippen molar-refractivity contribution in [2.75, 3.05) is 27.4 Å². The van der Waals surface area contributed by atoms with E-state index in [1.807, 2.05) is 6.07 Å². The van der Waals surface area contributed by atoms with Crippen LogP contribution in [-0.4, -0.2) is 49.1 Å². The second-order valence-corrected chi connectivity index (χ2v) is 8.95. The first kappa shape index (κ1) is 23.6. The quantitative estimate of drug-likeness (QED) is 0.297. The topological polar surface area (TPSA) is 89.2 Å². The second kappa shape index (κ2) is 9.20. The molecule has 3 rings (SSSR count). The number of Topliss-reactive ketones (excluding diaryl/α,β-unsaturated/α-hetero) is 1. The van der Waals surface area contributed by atoms with Crippen molar-refractivity contribution in [2.24, 2.45) is 0 Å². The highest BCUT2D eigenvalue weighted by atomic mass is 16.5. The van der Waals surface area contributed by atoms with Gasteiger partial charge in [-0.15, -0.1) is 0 Å². The summed E-state index contributed by atoms with van der Waals surface area (Å²) in [7, 11) is 3.08. The lowest BCUT2D eigenvalue weighted by Gasteiger charge is -2.24. The van der Waals surface area contributed by atoms with E-state index in [0.717, 1.165) is 5.56 Å². The van der Waals surface area contributed by atoms with E-state index in [4.69, 9.17) is 13.9 Å². The van der Waals surface area contributed by atoms with Gasteiger partial charge in [-0.3, -0.25) is 9.59 Å². The second-order valence-electron chi connectivity index (χ2n) is 8.95. The van der Waals surface area contributed by atoms with Crippen molar-refractivity contribution >= 4 is 17.4 Å². The van der Waals surface area contributed by atoms with E-state index in [1.165, 1.54) is 12.0 Å². The van der Waals surface area contributed by atoms with Gasteiger partial charge in [0.25, 0.3) is 11.7 Å². The van der Waals surface area contributed by atoms with Crippen LogP contribution in [-0.2, 0) is 19.7 Å². The summed E-state index contributed by atoms with van der Waals surface area (Å²) >= 11 is 0. The lowest BCUT2D eigenvalue weighted by Crippen LogP contribution is -2.31. The summed E-state index contributed by atoms with van der Waals surface area (Å²) in [6.07, 6.45) is 0.544. The standard InChI is InChI=1S/C25H31NO6/c1-15-8-10-19(32-15)21-20(23(28)24(29)26(21)12-7-13-30-5)22(27)17-14-16(25(2,3)4)9-11-18(17)31-6/h8-11,14,21,27H,7,12-13H2,1-6H3/b22-20+. The summed E-state index contributed by atoms with van der Waals surface area (Å²) in [6.45, 7) is 8.68. The number of amides is 1. The molecular formula is C25H31NO6. The number of furan rings is 1. The molecule has 0 saturated carbocycles. The molecule has 1 aliphatic heterocycles. The van der Waals surface area contributed by atoms with Crippen molar-refractivity contribution < 1.29 is 28.6 Å². The fourth-order valence-electron chi connectivity index (χ4n) is 3.89. The molecule has 1 aromatic carbocycles. The monoisotopic (exact) mass is 441 g/mol. The molecule has 1 saturated heterocycles. The largest absolute Gasteiger partial charge is 0.507 e. The number of carbonyl (C=O) groups is 2. The number of aliphatic hydroxyl groups excluding tert-OH is 1. The van der Waals surface area contributed by atoms with E-state index in [1.54, 1.807) is 38.3 Å². The summed E-state index contributed by atoms with van der Waals surface area (Å²) in [6, 6.07) is 8.15. The molecule has 1 atom stereocenters. The van der Waals surface area contributed by atoms with Crippen LogP contribution in [0.1, 0.15) is 55.9 Å². The van der Waals surface area contributed by atoms with Gasteiger partial charge < -0.3 is 23.9 Å². The van der Waals surface area contributed by atoms with Gasteiger partial charge in [0, 0.05) is 20.3 Å². The molecule has 2 heterocycles. The Kier molecular flexibility index (Phi) is 6.79. The van der Waals surface area contributed by atoms with E-state index >= 15 is 0 Å². The van der Waals surface area contributed by atoms with Gasteiger partial charge in [-0.25, -0.2) is 0 Å². The molecule has 0 spiro atoms. The average Bonchev–Trinajstić information content (AvgIpc) is 3.28. The highest BCUT2D eigenvalue weighted by Crippen LogP contribution is 2.42. The van der Waals surface area contributed by atoms with E-state index in [0.29, 0.717) is 42.4 Å². The molecule has 7 nitrogen and oxygen atoms in total. The Morgan fingerprint density at radius 1 is 1.16 bits per heavy atom. The van der Waals surface area contributed by atoms with Gasteiger partial charge >= 0.3 is 0 Å². The number of methoxy groups -OCH3 is 2. The molecule has 7 heteroatoms. The van der Waals surface area contributed by atoms with Crippen LogP contribution in [0.3, 0.4) is 0 Å². The number of ketones is 1. The maximum absolute atomic E-state index is 13.1. The minimum Gasteiger partial charge on any atom is -0.507 e. The van der Waals surface area contributed by atoms with Crippen LogP contribution >= 0.6 is 0 Å². The summed E-state index contributed by atoms with van der Waals surface area (Å²) in [5, 5.41) is 11.4. The third kappa shape index (κ3) is 4.43. The van der Waals surface area contributed by atoms with Crippen LogP contribution in [0.5, 0.6) is 5.75 Å². The van der Waals surface area contributed by atoms with Gasteiger partial charge in [-0.05, 0) is 48.6 Å². The number of ether oxygens (including phenoxy) is 2. The zero-order valence-corrected chi connectivity index (χ0v) is 19.5. The SMILES string of the molecule is COCCCN1C(=O)C(=O)/C(=C(/O)c2cc(C(C)(C)C)ccc2OC)C1c1ccc(C)o1. The number of carbonyl (C=O) groups excluding carboxylic acids is 2. The van der Waals surface area contributed by atoms with E-state index in [2.05, 4.69) is 20.8 Å². The Morgan fingerprint density at radius 2 is 1.88 bits per heavy atom. The fraction of sp³-hybridized carbons (Fsp3) is 0.440.